The van der Waals surface area contributed by atoms with Crippen LogP contribution >= 0.6 is 34.5 Å². The first-order valence-electron chi connectivity index (χ1n) is 5.46. The number of aromatic nitrogens is 1. The van der Waals surface area contributed by atoms with Crippen molar-refractivity contribution in [2.75, 3.05) is 0 Å². The third-order valence-electron chi connectivity index (χ3n) is 2.65. The number of halogens is 2. The van der Waals surface area contributed by atoms with E-state index < -0.39 is 0 Å². The second-order valence-electron chi connectivity index (χ2n) is 3.98. The van der Waals surface area contributed by atoms with E-state index in [-0.39, 0.29) is 6.04 Å². The summed E-state index contributed by atoms with van der Waals surface area (Å²) in [5, 5.41) is 1.32. The number of nitrogens with zero attached hydrogens (tertiary/aromatic N) is 1. The number of rotatable bonds is 5. The number of thiazole rings is 1. The fourth-order valence-electron chi connectivity index (χ4n) is 1.73. The van der Waals surface area contributed by atoms with Gasteiger partial charge < -0.3 is 0 Å². The fourth-order valence-corrected chi connectivity index (χ4v) is 2.89. The Hall–Kier alpha value is -0.650. The van der Waals surface area contributed by atoms with E-state index in [0.717, 1.165) is 18.4 Å². The zero-order valence-corrected chi connectivity index (χ0v) is 11.9. The number of nitrogens with two attached hydrogens (primary N) is 1. The van der Waals surface area contributed by atoms with Gasteiger partial charge in [-0.1, -0.05) is 29.3 Å². The van der Waals surface area contributed by atoms with E-state index in [0.29, 0.717) is 10.0 Å². The van der Waals surface area contributed by atoms with Crippen molar-refractivity contribution in [3.05, 3.63) is 50.4 Å². The largest absolute Gasteiger partial charge is 0.271 e. The molecule has 0 saturated carbocycles. The summed E-state index contributed by atoms with van der Waals surface area (Å²) in [5.41, 5.74) is 5.67. The molecule has 1 heterocycles. The van der Waals surface area contributed by atoms with E-state index in [1.807, 2.05) is 23.8 Å². The quantitative estimate of drug-likeness (QED) is 0.659. The van der Waals surface area contributed by atoms with Crippen LogP contribution < -0.4 is 11.3 Å². The highest BCUT2D eigenvalue weighted by Crippen LogP contribution is 2.23. The Kier molecular flexibility index (Phi) is 4.97. The first-order chi connectivity index (χ1) is 8.69. The SMILES string of the molecule is NNC(Cc1cncs1)Cc1ccc(Cl)cc1Cl. The van der Waals surface area contributed by atoms with Crippen molar-refractivity contribution in [3.63, 3.8) is 0 Å². The predicted octanol–water partition coefficient (Wildman–Crippen LogP) is 3.07. The summed E-state index contributed by atoms with van der Waals surface area (Å²) in [7, 11) is 0. The van der Waals surface area contributed by atoms with Gasteiger partial charge in [-0.25, -0.2) is 0 Å². The molecular formula is C12H13Cl2N3S. The Balaban J connectivity index is 2.05. The Morgan fingerprint density at radius 1 is 1.33 bits per heavy atom. The molecular weight excluding hydrogens is 289 g/mol. The molecule has 3 nitrogen and oxygen atoms in total. The summed E-state index contributed by atoms with van der Waals surface area (Å²) in [5.74, 6) is 5.58. The van der Waals surface area contributed by atoms with E-state index in [9.17, 15) is 0 Å². The maximum Gasteiger partial charge on any atom is 0.0794 e. The molecule has 0 radical (unpaired) electrons. The molecule has 2 aromatic rings. The Morgan fingerprint density at radius 3 is 2.78 bits per heavy atom. The van der Waals surface area contributed by atoms with Gasteiger partial charge in [0.05, 0.1) is 5.51 Å². The van der Waals surface area contributed by atoms with Crippen molar-refractivity contribution >= 4 is 34.5 Å². The standard InChI is InChI=1S/C12H13Cl2N3S/c13-9-2-1-8(12(14)4-9)3-10(17-15)5-11-6-16-7-18-11/h1-2,4,6-7,10,17H,3,5,15H2. The highest BCUT2D eigenvalue weighted by Gasteiger charge is 2.12. The van der Waals surface area contributed by atoms with Crippen molar-refractivity contribution in [1.29, 1.82) is 0 Å². The molecule has 0 aliphatic carbocycles. The smallest absolute Gasteiger partial charge is 0.0794 e. The zero-order valence-electron chi connectivity index (χ0n) is 9.57. The molecule has 0 saturated heterocycles. The van der Waals surface area contributed by atoms with Crippen LogP contribution in [0.3, 0.4) is 0 Å². The third-order valence-corrected chi connectivity index (χ3v) is 4.04. The van der Waals surface area contributed by atoms with Gasteiger partial charge in [-0.3, -0.25) is 16.3 Å². The van der Waals surface area contributed by atoms with Gasteiger partial charge in [0.2, 0.25) is 0 Å². The molecule has 6 heteroatoms. The Labute approximate surface area is 120 Å². The van der Waals surface area contributed by atoms with Gasteiger partial charge in [-0.05, 0) is 24.1 Å². The minimum Gasteiger partial charge on any atom is -0.271 e. The predicted molar refractivity (Wildman–Crippen MR) is 77.1 cm³/mol. The molecule has 0 aliphatic rings. The van der Waals surface area contributed by atoms with Crippen LogP contribution in [0.25, 0.3) is 0 Å². The highest BCUT2D eigenvalue weighted by atomic mass is 35.5. The van der Waals surface area contributed by atoms with Gasteiger partial charge in [0, 0.05) is 33.6 Å². The molecule has 0 amide bonds. The van der Waals surface area contributed by atoms with Gasteiger partial charge in [-0.15, -0.1) is 11.3 Å². The second kappa shape index (κ2) is 6.50. The van der Waals surface area contributed by atoms with E-state index in [2.05, 4.69) is 10.4 Å². The summed E-state index contributed by atoms with van der Waals surface area (Å²) < 4.78 is 0. The highest BCUT2D eigenvalue weighted by molar-refractivity contribution is 7.09. The summed E-state index contributed by atoms with van der Waals surface area (Å²) in [4.78, 5) is 5.25. The van der Waals surface area contributed by atoms with Gasteiger partial charge >= 0.3 is 0 Å². The fraction of sp³-hybridized carbons (Fsp3) is 0.250. The molecule has 0 aliphatic heterocycles. The molecule has 96 valence electrons. The van der Waals surface area contributed by atoms with Crippen LogP contribution in [-0.4, -0.2) is 11.0 Å². The van der Waals surface area contributed by atoms with Gasteiger partial charge in [-0.2, -0.15) is 0 Å². The lowest BCUT2D eigenvalue weighted by Crippen LogP contribution is -2.38. The molecule has 18 heavy (non-hydrogen) atoms. The summed E-state index contributed by atoms with van der Waals surface area (Å²) in [6, 6.07) is 5.65. The van der Waals surface area contributed by atoms with E-state index in [1.165, 1.54) is 4.88 Å². The van der Waals surface area contributed by atoms with Crippen LogP contribution in [0.4, 0.5) is 0 Å². The van der Waals surface area contributed by atoms with Crippen molar-refractivity contribution in [2.45, 2.75) is 18.9 Å². The zero-order chi connectivity index (χ0) is 13.0. The van der Waals surface area contributed by atoms with Gasteiger partial charge in [0.1, 0.15) is 0 Å². The number of nitrogens with one attached hydrogen (secondary N) is 1. The Bertz CT molecular complexity index is 502. The maximum atomic E-state index is 6.15. The molecule has 0 fully saturated rings. The lowest BCUT2D eigenvalue weighted by Gasteiger charge is -2.15. The number of benzene rings is 1. The van der Waals surface area contributed by atoms with Crippen LogP contribution in [-0.2, 0) is 12.8 Å². The van der Waals surface area contributed by atoms with Crippen LogP contribution in [0.15, 0.2) is 29.9 Å². The summed E-state index contributed by atoms with van der Waals surface area (Å²) in [6.45, 7) is 0. The number of hydrogen-bond acceptors (Lipinski definition) is 4. The van der Waals surface area contributed by atoms with E-state index in [1.54, 1.807) is 17.4 Å². The topological polar surface area (TPSA) is 50.9 Å². The average molecular weight is 302 g/mol. The van der Waals surface area contributed by atoms with Crippen LogP contribution in [0.2, 0.25) is 10.0 Å². The molecule has 1 unspecified atom stereocenters. The number of hydrazine groups is 1. The molecule has 3 N–H and O–H groups in total. The van der Waals surface area contributed by atoms with Crippen LogP contribution in [0.5, 0.6) is 0 Å². The lowest BCUT2D eigenvalue weighted by molar-refractivity contribution is 0.525. The third kappa shape index (κ3) is 3.67. The van der Waals surface area contributed by atoms with E-state index in [4.69, 9.17) is 29.0 Å². The molecule has 1 aromatic heterocycles. The van der Waals surface area contributed by atoms with E-state index >= 15 is 0 Å². The van der Waals surface area contributed by atoms with Crippen molar-refractivity contribution in [3.8, 4) is 0 Å². The van der Waals surface area contributed by atoms with Gasteiger partial charge in [0.25, 0.3) is 0 Å². The minimum absolute atomic E-state index is 0.129. The number of hydrogen-bond donors (Lipinski definition) is 2. The average Bonchev–Trinajstić information content (AvgIpc) is 2.84. The normalized spacial score (nSPS) is 12.6. The van der Waals surface area contributed by atoms with Gasteiger partial charge in [0.15, 0.2) is 0 Å². The minimum atomic E-state index is 0.129. The second-order valence-corrected chi connectivity index (χ2v) is 5.79. The molecule has 1 aromatic carbocycles. The first kappa shape index (κ1) is 13.8. The Morgan fingerprint density at radius 2 is 2.17 bits per heavy atom. The maximum absolute atomic E-state index is 6.15. The van der Waals surface area contributed by atoms with Crippen LogP contribution in [0, 0.1) is 0 Å². The molecule has 0 spiro atoms. The monoisotopic (exact) mass is 301 g/mol. The molecule has 2 rings (SSSR count). The summed E-state index contributed by atoms with van der Waals surface area (Å²) >= 11 is 13.6. The van der Waals surface area contributed by atoms with Crippen LogP contribution in [0.1, 0.15) is 10.4 Å². The lowest BCUT2D eigenvalue weighted by atomic mass is 10.0. The molecule has 1 atom stereocenters. The van der Waals surface area contributed by atoms with Crippen molar-refractivity contribution in [1.82, 2.24) is 10.4 Å². The molecule has 0 bridgehead atoms. The first-order valence-corrected chi connectivity index (χ1v) is 7.10. The van der Waals surface area contributed by atoms with Crippen molar-refractivity contribution < 1.29 is 0 Å². The van der Waals surface area contributed by atoms with Crippen molar-refractivity contribution in [2.24, 2.45) is 5.84 Å². The summed E-state index contributed by atoms with van der Waals surface area (Å²) in [6.07, 6.45) is 3.45.